The third-order valence-corrected chi connectivity index (χ3v) is 7.26. The summed E-state index contributed by atoms with van der Waals surface area (Å²) in [6, 6.07) is 4.80. The number of ketones is 3. The first-order valence-electron chi connectivity index (χ1n) is 13.0. The average molecular weight is 547 g/mol. The second kappa shape index (κ2) is 13.1. The van der Waals surface area contributed by atoms with Crippen LogP contribution < -0.4 is 10.2 Å². The third kappa shape index (κ3) is 7.39. The maximum atomic E-state index is 13.6. The molecule has 212 valence electrons. The van der Waals surface area contributed by atoms with Gasteiger partial charge in [-0.05, 0) is 67.3 Å². The van der Waals surface area contributed by atoms with Gasteiger partial charge in [0, 0.05) is 51.3 Å². The van der Waals surface area contributed by atoms with Crippen LogP contribution in [0.5, 0.6) is 5.75 Å². The second-order valence-electron chi connectivity index (χ2n) is 10.5. The number of anilines is 2. The molecule has 2 aromatic rings. The molecule has 8 nitrogen and oxygen atoms in total. The van der Waals surface area contributed by atoms with E-state index >= 15 is 0 Å². The predicted molar refractivity (Wildman–Crippen MR) is 143 cm³/mol. The van der Waals surface area contributed by atoms with Gasteiger partial charge in [-0.2, -0.15) is 0 Å². The molecule has 0 heterocycles. The largest absolute Gasteiger partial charge is 0.505 e. The smallest absolute Gasteiger partial charge is 0.167 e. The maximum absolute atomic E-state index is 13.6. The number of aromatic hydroxyl groups is 1. The molecule has 1 aliphatic carbocycles. The normalized spacial score (nSPS) is 16.4. The van der Waals surface area contributed by atoms with Crippen LogP contribution in [0.15, 0.2) is 24.3 Å². The number of hydrogen-bond donors (Lipinski definition) is 4. The summed E-state index contributed by atoms with van der Waals surface area (Å²) >= 11 is 0. The van der Waals surface area contributed by atoms with Gasteiger partial charge < -0.3 is 25.5 Å². The summed E-state index contributed by atoms with van der Waals surface area (Å²) in [7, 11) is 3.59. The zero-order valence-electron chi connectivity index (χ0n) is 22.5. The SMILES string of the molecule is CC(=O)CC(=O)C(CO)C(CCO)CC1CC(=O)c2c(O)c(NCc3cc(F)cc(F)c3)cc(N(C)C)c2C1. The minimum atomic E-state index is -0.821. The molecule has 3 unspecified atom stereocenters. The summed E-state index contributed by atoms with van der Waals surface area (Å²) < 4.78 is 27.2. The summed E-state index contributed by atoms with van der Waals surface area (Å²) in [5.74, 6) is -4.12. The molecule has 0 saturated heterocycles. The fourth-order valence-corrected chi connectivity index (χ4v) is 5.51. The molecule has 0 bridgehead atoms. The van der Waals surface area contributed by atoms with Crippen molar-refractivity contribution < 1.29 is 38.5 Å². The number of carbonyl (C=O) groups is 3. The molecule has 0 aromatic heterocycles. The van der Waals surface area contributed by atoms with Crippen molar-refractivity contribution >= 4 is 28.7 Å². The number of aliphatic hydroxyl groups is 2. The van der Waals surface area contributed by atoms with Crippen LogP contribution in [0.1, 0.15) is 54.1 Å². The number of rotatable bonds is 13. The Morgan fingerprint density at radius 3 is 2.33 bits per heavy atom. The first kappa shape index (κ1) is 30.2. The standard InChI is InChI=1S/C29H36F2N2O6/c1-16(36)6-26(37)23(15-35)19(4-5-34)7-17-10-22-25(33(2)3)13-24(29(39)28(22)27(38)11-17)32-14-18-8-20(30)12-21(31)9-18/h8-9,12-13,17,19,23,32,34-35,39H,4-7,10-11,14-15H2,1-3H3. The molecule has 3 atom stereocenters. The number of halogens is 2. The van der Waals surface area contributed by atoms with E-state index in [1.54, 1.807) is 25.1 Å². The Balaban J connectivity index is 1.89. The van der Waals surface area contributed by atoms with Gasteiger partial charge in [0.25, 0.3) is 0 Å². The Kier molecular flexibility index (Phi) is 10.2. The minimum Gasteiger partial charge on any atom is -0.505 e. The van der Waals surface area contributed by atoms with Gasteiger partial charge >= 0.3 is 0 Å². The zero-order valence-corrected chi connectivity index (χ0v) is 22.5. The second-order valence-corrected chi connectivity index (χ2v) is 10.5. The van der Waals surface area contributed by atoms with E-state index in [0.29, 0.717) is 29.7 Å². The molecule has 39 heavy (non-hydrogen) atoms. The van der Waals surface area contributed by atoms with Crippen molar-refractivity contribution in [1.29, 1.82) is 0 Å². The average Bonchev–Trinajstić information content (AvgIpc) is 2.82. The molecular weight excluding hydrogens is 510 g/mol. The van der Waals surface area contributed by atoms with E-state index in [1.807, 2.05) is 0 Å². The lowest BCUT2D eigenvalue weighted by Gasteiger charge is -2.33. The van der Waals surface area contributed by atoms with Crippen LogP contribution in [-0.4, -0.2) is 60.0 Å². The number of Topliss-reactive ketones (excluding diaryl/α,β-unsaturated/α-hetero) is 3. The predicted octanol–water partition coefficient (Wildman–Crippen LogP) is 3.64. The molecule has 0 radical (unpaired) electrons. The molecule has 1 aliphatic rings. The lowest BCUT2D eigenvalue weighted by Crippen LogP contribution is -2.33. The van der Waals surface area contributed by atoms with Gasteiger partial charge in [-0.25, -0.2) is 8.78 Å². The van der Waals surface area contributed by atoms with E-state index in [9.17, 15) is 38.5 Å². The molecule has 0 spiro atoms. The highest BCUT2D eigenvalue weighted by Gasteiger charge is 2.36. The highest BCUT2D eigenvalue weighted by Crippen LogP contribution is 2.44. The van der Waals surface area contributed by atoms with E-state index in [0.717, 1.165) is 6.07 Å². The van der Waals surface area contributed by atoms with Crippen molar-refractivity contribution in [3.05, 3.63) is 52.6 Å². The van der Waals surface area contributed by atoms with Gasteiger partial charge in [0.2, 0.25) is 0 Å². The van der Waals surface area contributed by atoms with Crippen molar-refractivity contribution in [1.82, 2.24) is 0 Å². The van der Waals surface area contributed by atoms with E-state index in [1.165, 1.54) is 19.1 Å². The number of fused-ring (bicyclic) bond motifs is 1. The zero-order chi connectivity index (χ0) is 28.9. The van der Waals surface area contributed by atoms with Crippen LogP contribution in [0.4, 0.5) is 20.2 Å². The molecule has 4 N–H and O–H groups in total. The van der Waals surface area contributed by atoms with E-state index in [2.05, 4.69) is 5.32 Å². The van der Waals surface area contributed by atoms with E-state index in [4.69, 9.17) is 0 Å². The maximum Gasteiger partial charge on any atom is 0.167 e. The number of hydrogen-bond acceptors (Lipinski definition) is 8. The van der Waals surface area contributed by atoms with Crippen LogP contribution in [-0.2, 0) is 22.6 Å². The van der Waals surface area contributed by atoms with Gasteiger partial charge in [0.05, 0.1) is 24.3 Å². The summed E-state index contributed by atoms with van der Waals surface area (Å²) in [6.07, 6.45) is 0.822. The first-order chi connectivity index (χ1) is 18.4. The lowest BCUT2D eigenvalue weighted by atomic mass is 9.73. The Labute approximate surface area is 226 Å². The third-order valence-electron chi connectivity index (χ3n) is 7.26. The summed E-state index contributed by atoms with van der Waals surface area (Å²) in [4.78, 5) is 39.2. The summed E-state index contributed by atoms with van der Waals surface area (Å²) in [6.45, 7) is 0.658. The van der Waals surface area contributed by atoms with Crippen molar-refractivity contribution in [2.75, 3.05) is 37.5 Å². The molecule has 0 amide bonds. The molecule has 3 rings (SSSR count). The van der Waals surface area contributed by atoms with Crippen molar-refractivity contribution in [3.8, 4) is 5.75 Å². The van der Waals surface area contributed by atoms with Gasteiger partial charge in [0.1, 0.15) is 29.0 Å². The van der Waals surface area contributed by atoms with E-state index < -0.39 is 30.1 Å². The Morgan fingerprint density at radius 2 is 1.77 bits per heavy atom. The first-order valence-corrected chi connectivity index (χ1v) is 13.0. The van der Waals surface area contributed by atoms with Crippen molar-refractivity contribution in [2.24, 2.45) is 17.8 Å². The number of nitrogens with zero attached hydrogens (tertiary/aromatic N) is 1. The molecule has 0 fully saturated rings. The number of aliphatic hydroxyl groups excluding tert-OH is 2. The van der Waals surface area contributed by atoms with Crippen LogP contribution >= 0.6 is 0 Å². The Morgan fingerprint density at radius 1 is 1.10 bits per heavy atom. The van der Waals surface area contributed by atoms with Gasteiger partial charge in [-0.1, -0.05) is 0 Å². The fourth-order valence-electron chi connectivity index (χ4n) is 5.51. The lowest BCUT2D eigenvalue weighted by molar-refractivity contribution is -0.131. The Bertz CT molecular complexity index is 1210. The fraction of sp³-hybridized carbons (Fsp3) is 0.483. The van der Waals surface area contributed by atoms with E-state index in [-0.39, 0.29) is 72.7 Å². The molecular formula is C29H36F2N2O6. The number of phenolic OH excluding ortho intramolecular Hbond substituents is 1. The topological polar surface area (TPSA) is 127 Å². The van der Waals surface area contributed by atoms with Gasteiger partial charge in [-0.15, -0.1) is 0 Å². The molecule has 2 aromatic carbocycles. The monoisotopic (exact) mass is 546 g/mol. The van der Waals surface area contributed by atoms with Crippen LogP contribution in [0.3, 0.4) is 0 Å². The highest BCUT2D eigenvalue weighted by atomic mass is 19.1. The highest BCUT2D eigenvalue weighted by molar-refractivity contribution is 6.04. The molecule has 0 saturated carbocycles. The summed E-state index contributed by atoms with van der Waals surface area (Å²) in [5.41, 5.74) is 2.08. The molecule has 10 heteroatoms. The Hall–Kier alpha value is -3.37. The molecule has 0 aliphatic heterocycles. The minimum absolute atomic E-state index is 0.0182. The number of carbonyl (C=O) groups excluding carboxylic acids is 3. The quantitative estimate of drug-likeness (QED) is 0.222. The van der Waals surface area contributed by atoms with Crippen LogP contribution in [0.2, 0.25) is 0 Å². The van der Waals surface area contributed by atoms with Crippen LogP contribution in [0, 0.1) is 29.4 Å². The van der Waals surface area contributed by atoms with Crippen LogP contribution in [0.25, 0.3) is 0 Å². The number of nitrogens with one attached hydrogen (secondary N) is 1. The number of phenols is 1. The van der Waals surface area contributed by atoms with Crippen molar-refractivity contribution in [3.63, 3.8) is 0 Å². The van der Waals surface area contributed by atoms with Gasteiger partial charge in [0.15, 0.2) is 5.78 Å². The van der Waals surface area contributed by atoms with Crippen molar-refractivity contribution in [2.45, 2.75) is 45.6 Å². The summed E-state index contributed by atoms with van der Waals surface area (Å²) in [5, 5.41) is 33.6. The number of benzene rings is 2. The van der Waals surface area contributed by atoms with Gasteiger partial charge in [-0.3, -0.25) is 14.4 Å².